The van der Waals surface area contributed by atoms with E-state index in [1.54, 1.807) is 30.3 Å². The first-order valence-electron chi connectivity index (χ1n) is 9.58. The predicted molar refractivity (Wildman–Crippen MR) is 118 cm³/mol. The van der Waals surface area contributed by atoms with E-state index in [-0.39, 0.29) is 5.70 Å². The summed E-state index contributed by atoms with van der Waals surface area (Å²) in [6.07, 6.45) is 2.96. The molecule has 0 unspecified atom stereocenters. The lowest BCUT2D eigenvalue weighted by molar-refractivity contribution is -0.113. The van der Waals surface area contributed by atoms with E-state index in [9.17, 15) is 9.59 Å². The topological polar surface area (TPSA) is 89.8 Å². The zero-order valence-electron chi connectivity index (χ0n) is 17.8. The van der Waals surface area contributed by atoms with Gasteiger partial charge in [0, 0.05) is 17.3 Å². The number of benzene rings is 2. The number of hydrogen-bond acceptors (Lipinski definition) is 5. The second kappa shape index (κ2) is 9.67. The summed E-state index contributed by atoms with van der Waals surface area (Å²) in [7, 11) is 3.00. The fourth-order valence-corrected chi connectivity index (χ4v) is 2.99. The van der Waals surface area contributed by atoms with Crippen molar-refractivity contribution in [2.24, 2.45) is 0 Å². The second-order valence-corrected chi connectivity index (χ2v) is 6.87. The Morgan fingerprint density at radius 2 is 1.74 bits per heavy atom. The van der Waals surface area contributed by atoms with E-state index in [0.717, 1.165) is 11.1 Å². The van der Waals surface area contributed by atoms with Crippen LogP contribution < -0.4 is 20.1 Å². The fourth-order valence-electron chi connectivity index (χ4n) is 2.99. The highest BCUT2D eigenvalue weighted by Crippen LogP contribution is 2.27. The molecule has 3 rings (SSSR count). The number of carbonyl (C=O) groups excluding carboxylic acids is 2. The van der Waals surface area contributed by atoms with Crippen molar-refractivity contribution in [1.29, 1.82) is 0 Å². The highest BCUT2D eigenvalue weighted by molar-refractivity contribution is 6.10. The second-order valence-electron chi connectivity index (χ2n) is 6.87. The van der Waals surface area contributed by atoms with Gasteiger partial charge in [-0.05, 0) is 55.8 Å². The first-order valence-corrected chi connectivity index (χ1v) is 9.58. The molecule has 3 aromatic rings. The molecular weight excluding hydrogens is 396 g/mol. The molecule has 7 heteroatoms. The maximum atomic E-state index is 13.0. The largest absolute Gasteiger partial charge is 0.493 e. The van der Waals surface area contributed by atoms with Crippen molar-refractivity contribution >= 4 is 23.6 Å². The minimum absolute atomic E-state index is 0.0368. The monoisotopic (exact) mass is 420 g/mol. The number of ether oxygens (including phenoxy) is 2. The summed E-state index contributed by atoms with van der Waals surface area (Å²) in [5.41, 5.74) is 3.00. The summed E-state index contributed by atoms with van der Waals surface area (Å²) in [5, 5.41) is 5.50. The number of nitrogens with one attached hydrogen (secondary N) is 2. The van der Waals surface area contributed by atoms with Crippen LogP contribution in [0.15, 0.2) is 64.9 Å². The number of hydrogen-bond donors (Lipinski definition) is 2. The summed E-state index contributed by atoms with van der Waals surface area (Å²) in [5.74, 6) is 0.384. The molecule has 0 aliphatic rings. The maximum Gasteiger partial charge on any atom is 0.272 e. The Balaban J connectivity index is 1.87. The quantitative estimate of drug-likeness (QED) is 0.556. The lowest BCUT2D eigenvalue weighted by Crippen LogP contribution is -2.31. The molecular formula is C24H24N2O5. The fraction of sp³-hybridized carbons (Fsp3) is 0.167. The van der Waals surface area contributed by atoms with Gasteiger partial charge in [-0.2, -0.15) is 0 Å². The Morgan fingerprint density at radius 1 is 0.968 bits per heavy atom. The summed E-state index contributed by atoms with van der Waals surface area (Å²) >= 11 is 0. The highest BCUT2D eigenvalue weighted by Gasteiger charge is 2.18. The van der Waals surface area contributed by atoms with Gasteiger partial charge in [-0.15, -0.1) is 0 Å². The number of carbonyl (C=O) groups is 2. The standard InChI is InChI=1S/C24H24N2O5/c1-15-7-9-19(16(2)12-15)25-24(28)20(14-18-6-5-11-31-18)26-23(27)17-8-10-21(29-3)22(13-17)30-4/h5-14H,1-4H3,(H,25,28)(H,26,27)/b20-14-. The van der Waals surface area contributed by atoms with Crippen LogP contribution in [-0.4, -0.2) is 26.0 Å². The molecule has 2 amide bonds. The Hall–Kier alpha value is -4.00. The third-order valence-corrected chi connectivity index (χ3v) is 4.60. The molecule has 0 radical (unpaired) electrons. The van der Waals surface area contributed by atoms with Gasteiger partial charge in [-0.3, -0.25) is 9.59 Å². The molecule has 0 bridgehead atoms. The van der Waals surface area contributed by atoms with Gasteiger partial charge in [0.25, 0.3) is 11.8 Å². The smallest absolute Gasteiger partial charge is 0.272 e. The zero-order valence-corrected chi connectivity index (χ0v) is 17.8. The first-order chi connectivity index (χ1) is 14.9. The van der Waals surface area contributed by atoms with E-state index in [1.165, 1.54) is 26.6 Å². The van der Waals surface area contributed by atoms with E-state index >= 15 is 0 Å². The van der Waals surface area contributed by atoms with Crippen molar-refractivity contribution in [2.45, 2.75) is 13.8 Å². The van der Waals surface area contributed by atoms with Gasteiger partial charge >= 0.3 is 0 Å². The SMILES string of the molecule is COc1ccc(C(=O)N/C(=C\c2ccco2)C(=O)Nc2ccc(C)cc2C)cc1OC. The average molecular weight is 420 g/mol. The molecule has 31 heavy (non-hydrogen) atoms. The minimum atomic E-state index is -0.477. The molecule has 0 atom stereocenters. The normalized spacial score (nSPS) is 11.0. The zero-order chi connectivity index (χ0) is 22.4. The number of anilines is 1. The predicted octanol–water partition coefficient (Wildman–Crippen LogP) is 4.32. The average Bonchev–Trinajstić information content (AvgIpc) is 3.27. The van der Waals surface area contributed by atoms with E-state index in [2.05, 4.69) is 10.6 Å². The molecule has 0 saturated heterocycles. The summed E-state index contributed by atoms with van der Waals surface area (Å²) < 4.78 is 15.8. The van der Waals surface area contributed by atoms with Gasteiger partial charge in [0.15, 0.2) is 11.5 Å². The molecule has 2 aromatic carbocycles. The van der Waals surface area contributed by atoms with Crippen molar-refractivity contribution in [3.05, 3.63) is 82.9 Å². The molecule has 7 nitrogen and oxygen atoms in total. The number of rotatable bonds is 7. The van der Waals surface area contributed by atoms with E-state index in [0.29, 0.717) is 28.5 Å². The van der Waals surface area contributed by atoms with Crippen LogP contribution in [0.3, 0.4) is 0 Å². The van der Waals surface area contributed by atoms with Gasteiger partial charge in [-0.25, -0.2) is 0 Å². The third kappa shape index (κ3) is 5.33. The van der Waals surface area contributed by atoms with Crippen molar-refractivity contribution in [3.63, 3.8) is 0 Å². The van der Waals surface area contributed by atoms with Gasteiger partial charge in [0.05, 0.1) is 20.5 Å². The highest BCUT2D eigenvalue weighted by atomic mass is 16.5. The molecule has 0 saturated carbocycles. The van der Waals surface area contributed by atoms with Crippen LogP contribution >= 0.6 is 0 Å². The molecule has 0 aliphatic carbocycles. The maximum absolute atomic E-state index is 13.0. The van der Waals surface area contributed by atoms with Gasteiger partial charge in [0.1, 0.15) is 11.5 Å². The van der Waals surface area contributed by atoms with Crippen molar-refractivity contribution in [1.82, 2.24) is 5.32 Å². The molecule has 0 fully saturated rings. The van der Waals surface area contributed by atoms with Gasteiger partial charge in [0.2, 0.25) is 0 Å². The van der Waals surface area contributed by atoms with Crippen LogP contribution in [0.4, 0.5) is 5.69 Å². The van der Waals surface area contributed by atoms with Crippen molar-refractivity contribution < 1.29 is 23.5 Å². The lowest BCUT2D eigenvalue weighted by Gasteiger charge is -2.13. The molecule has 1 heterocycles. The van der Waals surface area contributed by atoms with Gasteiger partial charge < -0.3 is 24.5 Å². The summed E-state index contributed by atoms with van der Waals surface area (Å²) in [4.78, 5) is 25.8. The number of aryl methyl sites for hydroxylation is 2. The Bertz CT molecular complexity index is 1120. The van der Waals surface area contributed by atoms with Crippen LogP contribution in [0.2, 0.25) is 0 Å². The Morgan fingerprint density at radius 3 is 2.39 bits per heavy atom. The third-order valence-electron chi connectivity index (χ3n) is 4.60. The van der Waals surface area contributed by atoms with Crippen LogP contribution in [0, 0.1) is 13.8 Å². The summed E-state index contributed by atoms with van der Waals surface area (Å²) in [6.45, 7) is 3.88. The van der Waals surface area contributed by atoms with Crippen molar-refractivity contribution in [2.75, 3.05) is 19.5 Å². The molecule has 160 valence electrons. The summed E-state index contributed by atoms with van der Waals surface area (Å²) in [6, 6.07) is 13.8. The number of methoxy groups -OCH3 is 2. The van der Waals surface area contributed by atoms with E-state index in [1.807, 2.05) is 32.0 Å². The molecule has 2 N–H and O–H groups in total. The van der Waals surface area contributed by atoms with Crippen molar-refractivity contribution in [3.8, 4) is 11.5 Å². The minimum Gasteiger partial charge on any atom is -0.493 e. The lowest BCUT2D eigenvalue weighted by atomic mass is 10.1. The first kappa shape index (κ1) is 21.7. The van der Waals surface area contributed by atoms with Crippen LogP contribution in [0.1, 0.15) is 27.2 Å². The van der Waals surface area contributed by atoms with Gasteiger partial charge in [-0.1, -0.05) is 17.7 Å². The van der Waals surface area contributed by atoms with Crippen LogP contribution in [0.25, 0.3) is 6.08 Å². The Labute approximate surface area is 180 Å². The Kier molecular flexibility index (Phi) is 6.77. The molecule has 0 spiro atoms. The number of amides is 2. The van der Waals surface area contributed by atoms with E-state index < -0.39 is 11.8 Å². The molecule has 1 aromatic heterocycles. The van der Waals surface area contributed by atoms with Crippen LogP contribution in [-0.2, 0) is 4.79 Å². The number of furan rings is 1. The van der Waals surface area contributed by atoms with E-state index in [4.69, 9.17) is 13.9 Å². The van der Waals surface area contributed by atoms with Crippen LogP contribution in [0.5, 0.6) is 11.5 Å². The molecule has 0 aliphatic heterocycles.